The lowest BCUT2D eigenvalue weighted by Crippen LogP contribution is -2.27. The van der Waals surface area contributed by atoms with E-state index >= 15 is 0 Å². The van der Waals surface area contributed by atoms with Gasteiger partial charge in [-0.1, -0.05) is 6.92 Å². The topological polar surface area (TPSA) is 101 Å². The molecule has 0 bridgehead atoms. The van der Waals surface area contributed by atoms with Gasteiger partial charge in [0.1, 0.15) is 4.21 Å². The minimum atomic E-state index is -3.71. The maximum atomic E-state index is 11.7. The largest absolute Gasteiger partial charge is 0.478 e. The molecule has 1 heterocycles. The van der Waals surface area contributed by atoms with E-state index in [2.05, 4.69) is 4.72 Å². The van der Waals surface area contributed by atoms with E-state index in [1.54, 1.807) is 6.92 Å². The first-order chi connectivity index (χ1) is 8.36. The summed E-state index contributed by atoms with van der Waals surface area (Å²) >= 11 is 0.842. The third-order valence-corrected chi connectivity index (χ3v) is 6.24. The summed E-state index contributed by atoms with van der Waals surface area (Å²) in [5, 5.41) is 9.96. The average molecular weight is 311 g/mol. The molecule has 0 spiro atoms. The minimum Gasteiger partial charge on any atom is -0.478 e. The van der Waals surface area contributed by atoms with Gasteiger partial charge in [0.2, 0.25) is 10.0 Å². The summed E-state index contributed by atoms with van der Waals surface area (Å²) in [5.41, 5.74) is -0.0579. The number of hydrogen-bond acceptors (Lipinski definition) is 5. The molecule has 0 radical (unpaired) electrons. The van der Waals surface area contributed by atoms with Crippen molar-refractivity contribution in [3.05, 3.63) is 17.0 Å². The summed E-state index contributed by atoms with van der Waals surface area (Å²) in [6, 6.07) is 1.10. The number of hydrogen-bond donors (Lipinski definition) is 2. The van der Waals surface area contributed by atoms with E-state index < -0.39 is 26.8 Å². The van der Waals surface area contributed by atoms with Crippen molar-refractivity contribution in [1.82, 2.24) is 4.72 Å². The van der Waals surface area contributed by atoms with Crippen LogP contribution in [0.3, 0.4) is 0 Å². The third kappa shape index (κ3) is 4.16. The van der Waals surface area contributed by atoms with E-state index in [1.807, 2.05) is 0 Å². The Hall–Kier alpha value is -0.770. The van der Waals surface area contributed by atoms with E-state index in [0.717, 1.165) is 17.4 Å². The Morgan fingerprint density at radius 2 is 2.22 bits per heavy atom. The van der Waals surface area contributed by atoms with Gasteiger partial charge in [0.05, 0.1) is 5.56 Å². The van der Waals surface area contributed by atoms with Gasteiger partial charge < -0.3 is 5.11 Å². The molecule has 0 aliphatic carbocycles. The summed E-state index contributed by atoms with van der Waals surface area (Å²) in [6.45, 7) is 1.83. The standard InChI is InChI=1S/C9H13NO5S3/c1-2-17(13)4-3-10-18(14,15)8-5-7(6-16-8)9(11)12/h5-6,10H,2-4H2,1H3,(H,11,12). The van der Waals surface area contributed by atoms with Crippen molar-refractivity contribution < 1.29 is 22.5 Å². The predicted octanol–water partition coefficient (Wildman–Crippen LogP) is 0.493. The SMILES string of the molecule is CCS(=O)CCNS(=O)(=O)c1cc(C(=O)O)cs1. The first-order valence-electron chi connectivity index (χ1n) is 5.03. The molecule has 0 saturated carbocycles. The van der Waals surface area contributed by atoms with Gasteiger partial charge in [-0.15, -0.1) is 11.3 Å². The molecule has 1 unspecified atom stereocenters. The lowest BCUT2D eigenvalue weighted by atomic mass is 10.4. The van der Waals surface area contributed by atoms with Gasteiger partial charge in [0.25, 0.3) is 0 Å². The number of rotatable bonds is 7. The van der Waals surface area contributed by atoms with Crippen molar-refractivity contribution >= 4 is 38.1 Å². The van der Waals surface area contributed by atoms with Crippen LogP contribution in [0.2, 0.25) is 0 Å². The van der Waals surface area contributed by atoms with E-state index in [1.165, 1.54) is 5.38 Å². The van der Waals surface area contributed by atoms with Crippen LogP contribution < -0.4 is 4.72 Å². The lowest BCUT2D eigenvalue weighted by Gasteiger charge is -2.03. The van der Waals surface area contributed by atoms with E-state index in [4.69, 9.17) is 5.11 Å². The van der Waals surface area contributed by atoms with Gasteiger partial charge in [0, 0.05) is 34.2 Å². The number of sulfonamides is 1. The molecule has 6 nitrogen and oxygen atoms in total. The average Bonchev–Trinajstić information content (AvgIpc) is 2.78. The molecular weight excluding hydrogens is 298 g/mol. The molecular formula is C9H13NO5S3. The quantitative estimate of drug-likeness (QED) is 0.763. The summed E-state index contributed by atoms with van der Waals surface area (Å²) < 4.78 is 36.9. The van der Waals surface area contributed by atoms with Crippen LogP contribution in [-0.4, -0.2) is 41.8 Å². The van der Waals surface area contributed by atoms with Gasteiger partial charge >= 0.3 is 5.97 Å². The third-order valence-electron chi connectivity index (χ3n) is 2.03. The Morgan fingerprint density at radius 3 is 2.72 bits per heavy atom. The smallest absolute Gasteiger partial charge is 0.336 e. The number of carboxylic acid groups (broad SMARTS) is 1. The fourth-order valence-electron chi connectivity index (χ4n) is 1.07. The van der Waals surface area contributed by atoms with Crippen molar-refractivity contribution in [2.45, 2.75) is 11.1 Å². The zero-order chi connectivity index (χ0) is 13.8. The molecule has 1 rings (SSSR count). The normalized spacial score (nSPS) is 13.4. The summed E-state index contributed by atoms with van der Waals surface area (Å²) in [6.07, 6.45) is 0. The molecule has 1 aromatic heterocycles. The highest BCUT2D eigenvalue weighted by molar-refractivity contribution is 7.91. The molecule has 18 heavy (non-hydrogen) atoms. The number of thiophene rings is 1. The second-order valence-electron chi connectivity index (χ2n) is 3.29. The fraction of sp³-hybridized carbons (Fsp3) is 0.444. The Balaban J connectivity index is 2.68. The Kier molecular flexibility index (Phi) is 5.45. The van der Waals surface area contributed by atoms with E-state index in [0.29, 0.717) is 5.75 Å². The maximum Gasteiger partial charge on any atom is 0.336 e. The predicted molar refractivity (Wildman–Crippen MR) is 70.0 cm³/mol. The molecule has 0 saturated heterocycles. The van der Waals surface area contributed by atoms with Crippen LogP contribution in [0.4, 0.5) is 0 Å². The molecule has 102 valence electrons. The van der Waals surface area contributed by atoms with Gasteiger partial charge in [-0.3, -0.25) is 4.21 Å². The Morgan fingerprint density at radius 1 is 1.56 bits per heavy atom. The van der Waals surface area contributed by atoms with Gasteiger partial charge in [0.15, 0.2) is 0 Å². The summed E-state index contributed by atoms with van der Waals surface area (Å²) in [5.74, 6) is -0.448. The molecule has 0 fully saturated rings. The summed E-state index contributed by atoms with van der Waals surface area (Å²) in [7, 11) is -4.74. The highest BCUT2D eigenvalue weighted by Crippen LogP contribution is 2.19. The van der Waals surface area contributed by atoms with E-state index in [-0.39, 0.29) is 22.1 Å². The van der Waals surface area contributed by atoms with Crippen molar-refractivity contribution in [2.75, 3.05) is 18.1 Å². The van der Waals surface area contributed by atoms with E-state index in [9.17, 15) is 17.4 Å². The maximum absolute atomic E-state index is 11.7. The second-order valence-corrected chi connectivity index (χ2v) is 8.06. The van der Waals surface area contributed by atoms with Crippen LogP contribution in [0.25, 0.3) is 0 Å². The first kappa shape index (κ1) is 15.3. The molecule has 1 atom stereocenters. The Bertz CT molecular complexity index is 548. The molecule has 1 aromatic rings. The van der Waals surface area contributed by atoms with Crippen LogP contribution in [-0.2, 0) is 20.8 Å². The van der Waals surface area contributed by atoms with Gasteiger partial charge in [-0.25, -0.2) is 17.9 Å². The molecule has 0 aliphatic heterocycles. The van der Waals surface area contributed by atoms with Crippen LogP contribution >= 0.6 is 11.3 Å². The van der Waals surface area contributed by atoms with Crippen molar-refractivity contribution in [3.63, 3.8) is 0 Å². The number of aromatic carboxylic acids is 1. The lowest BCUT2D eigenvalue weighted by molar-refractivity contribution is 0.0697. The van der Waals surface area contributed by atoms with Gasteiger partial charge in [-0.05, 0) is 6.07 Å². The molecule has 0 aromatic carbocycles. The van der Waals surface area contributed by atoms with Crippen LogP contribution in [0.15, 0.2) is 15.7 Å². The van der Waals surface area contributed by atoms with Crippen LogP contribution in [0.1, 0.15) is 17.3 Å². The number of nitrogens with one attached hydrogen (secondary N) is 1. The van der Waals surface area contributed by atoms with Crippen molar-refractivity contribution in [1.29, 1.82) is 0 Å². The highest BCUT2D eigenvalue weighted by atomic mass is 32.2. The van der Waals surface area contributed by atoms with Crippen molar-refractivity contribution in [3.8, 4) is 0 Å². The van der Waals surface area contributed by atoms with Crippen LogP contribution in [0.5, 0.6) is 0 Å². The summed E-state index contributed by atoms with van der Waals surface area (Å²) in [4.78, 5) is 10.6. The number of carbonyl (C=O) groups is 1. The molecule has 9 heteroatoms. The minimum absolute atomic E-state index is 0.0535. The molecule has 2 N–H and O–H groups in total. The zero-order valence-corrected chi connectivity index (χ0v) is 12.0. The zero-order valence-electron chi connectivity index (χ0n) is 9.58. The second kappa shape index (κ2) is 6.41. The fourth-order valence-corrected chi connectivity index (χ4v) is 4.05. The monoisotopic (exact) mass is 311 g/mol. The number of carboxylic acids is 1. The first-order valence-corrected chi connectivity index (χ1v) is 8.88. The molecule has 0 aliphatic rings. The highest BCUT2D eigenvalue weighted by Gasteiger charge is 2.18. The Labute approximate surface area is 112 Å². The van der Waals surface area contributed by atoms with Crippen molar-refractivity contribution in [2.24, 2.45) is 0 Å². The molecule has 0 amide bonds. The van der Waals surface area contributed by atoms with Gasteiger partial charge in [-0.2, -0.15) is 0 Å². The van der Waals surface area contributed by atoms with Crippen LogP contribution in [0, 0.1) is 0 Å².